The van der Waals surface area contributed by atoms with Crippen molar-refractivity contribution in [1.82, 2.24) is 10.2 Å². The average Bonchev–Trinajstić information content (AvgIpc) is 2.30. The van der Waals surface area contributed by atoms with Crippen LogP contribution in [0.1, 0.15) is 0 Å². The Bertz CT molecular complexity index is 437. The third-order valence-electron chi connectivity index (χ3n) is 2.01. The number of nitrogens with zero attached hydrogens (tertiary/aromatic N) is 2. The molecular formula is C11H10N2O2. The maximum Gasteiger partial charge on any atom is 0.233 e. The van der Waals surface area contributed by atoms with E-state index in [1.807, 2.05) is 6.07 Å². The number of benzene rings is 1. The Morgan fingerprint density at radius 1 is 1.00 bits per heavy atom. The highest BCUT2D eigenvalue weighted by atomic mass is 16.5. The smallest absolute Gasteiger partial charge is 0.233 e. The summed E-state index contributed by atoms with van der Waals surface area (Å²) in [6.45, 7) is 0. The summed E-state index contributed by atoms with van der Waals surface area (Å²) in [6.07, 6.45) is 0. The van der Waals surface area contributed by atoms with Gasteiger partial charge in [0.05, 0.1) is 12.8 Å². The maximum absolute atomic E-state index is 9.13. The van der Waals surface area contributed by atoms with Crippen molar-refractivity contribution in [3.8, 4) is 22.9 Å². The molecule has 15 heavy (non-hydrogen) atoms. The van der Waals surface area contributed by atoms with Gasteiger partial charge in [0.15, 0.2) is 0 Å². The number of aromatic nitrogens is 2. The van der Waals surface area contributed by atoms with Gasteiger partial charge in [-0.15, -0.1) is 10.2 Å². The molecule has 2 rings (SSSR count). The lowest BCUT2D eigenvalue weighted by Crippen LogP contribution is -1.91. The molecule has 0 aliphatic rings. The summed E-state index contributed by atoms with van der Waals surface area (Å²) in [7, 11) is 1.55. The zero-order valence-corrected chi connectivity index (χ0v) is 8.21. The van der Waals surface area contributed by atoms with E-state index in [1.165, 1.54) is 0 Å². The molecule has 1 aromatic heterocycles. The molecule has 1 heterocycles. The molecule has 1 N–H and O–H groups in total. The third-order valence-corrected chi connectivity index (χ3v) is 2.01. The Balaban J connectivity index is 2.33. The molecule has 76 valence electrons. The number of hydrogen-bond donors (Lipinski definition) is 1. The van der Waals surface area contributed by atoms with Crippen LogP contribution in [-0.2, 0) is 0 Å². The zero-order valence-electron chi connectivity index (χ0n) is 8.21. The molecule has 0 fully saturated rings. The fraction of sp³-hybridized carbons (Fsp3) is 0.0909. The molecule has 4 heteroatoms. The van der Waals surface area contributed by atoms with Crippen LogP contribution in [0.5, 0.6) is 11.6 Å². The first-order valence-corrected chi connectivity index (χ1v) is 4.47. The van der Waals surface area contributed by atoms with Crippen LogP contribution in [-0.4, -0.2) is 22.4 Å². The summed E-state index contributed by atoms with van der Waals surface area (Å²) in [5.41, 5.74) is 1.65. The summed E-state index contributed by atoms with van der Waals surface area (Å²) in [4.78, 5) is 0. The molecule has 0 unspecified atom stereocenters. The van der Waals surface area contributed by atoms with E-state index in [4.69, 9.17) is 9.84 Å². The first-order chi connectivity index (χ1) is 7.29. The van der Waals surface area contributed by atoms with Crippen molar-refractivity contribution < 1.29 is 9.84 Å². The molecule has 0 saturated heterocycles. The van der Waals surface area contributed by atoms with Gasteiger partial charge in [-0.3, -0.25) is 0 Å². The molecule has 4 nitrogen and oxygen atoms in total. The van der Waals surface area contributed by atoms with Gasteiger partial charge in [0.1, 0.15) is 5.75 Å². The number of phenols is 1. The number of methoxy groups -OCH3 is 1. The molecule has 0 atom stereocenters. The lowest BCUT2D eigenvalue weighted by molar-refractivity contribution is 0.392. The Kier molecular flexibility index (Phi) is 2.49. The zero-order chi connectivity index (χ0) is 10.7. The molecule has 0 aliphatic heterocycles. The quantitative estimate of drug-likeness (QED) is 0.807. The van der Waals surface area contributed by atoms with Crippen LogP contribution in [0, 0.1) is 0 Å². The lowest BCUT2D eigenvalue weighted by atomic mass is 10.1. The first kappa shape index (κ1) is 9.45. The van der Waals surface area contributed by atoms with Crippen LogP contribution in [0.4, 0.5) is 0 Å². The summed E-state index contributed by atoms with van der Waals surface area (Å²) in [5, 5.41) is 17.0. The van der Waals surface area contributed by atoms with Crippen molar-refractivity contribution in [2.45, 2.75) is 0 Å². The number of hydrogen-bond acceptors (Lipinski definition) is 4. The Hall–Kier alpha value is -2.10. The van der Waals surface area contributed by atoms with E-state index in [-0.39, 0.29) is 5.75 Å². The van der Waals surface area contributed by atoms with Crippen molar-refractivity contribution in [2.75, 3.05) is 7.11 Å². The molecule has 2 aromatic rings. The maximum atomic E-state index is 9.13. The van der Waals surface area contributed by atoms with Crippen LogP contribution in [0.25, 0.3) is 11.3 Å². The topological polar surface area (TPSA) is 55.2 Å². The summed E-state index contributed by atoms with van der Waals surface area (Å²) in [5.74, 6) is 0.720. The van der Waals surface area contributed by atoms with Crippen LogP contribution in [0.15, 0.2) is 36.4 Å². The Morgan fingerprint density at radius 2 is 1.73 bits per heavy atom. The highest BCUT2D eigenvalue weighted by Gasteiger charge is 2.00. The van der Waals surface area contributed by atoms with Crippen molar-refractivity contribution in [3.05, 3.63) is 36.4 Å². The number of phenolic OH excluding ortho intramolecular Hbond substituents is 1. The van der Waals surface area contributed by atoms with E-state index in [1.54, 1.807) is 37.4 Å². The number of ether oxygens (including phenoxy) is 1. The minimum atomic E-state index is 0.236. The average molecular weight is 202 g/mol. The molecule has 0 saturated carbocycles. The predicted octanol–water partition coefficient (Wildman–Crippen LogP) is 1.86. The molecule has 1 aromatic carbocycles. The summed E-state index contributed by atoms with van der Waals surface area (Å²) in [6, 6.07) is 10.4. The van der Waals surface area contributed by atoms with Crippen LogP contribution >= 0.6 is 0 Å². The number of aromatic hydroxyl groups is 1. The van der Waals surface area contributed by atoms with Gasteiger partial charge in [-0.05, 0) is 30.3 Å². The largest absolute Gasteiger partial charge is 0.508 e. The van der Waals surface area contributed by atoms with Crippen molar-refractivity contribution in [2.24, 2.45) is 0 Å². The number of rotatable bonds is 2. The van der Waals surface area contributed by atoms with Gasteiger partial charge in [0.25, 0.3) is 0 Å². The Morgan fingerprint density at radius 3 is 2.27 bits per heavy atom. The van der Waals surface area contributed by atoms with E-state index in [0.717, 1.165) is 11.3 Å². The van der Waals surface area contributed by atoms with Crippen molar-refractivity contribution in [1.29, 1.82) is 0 Å². The second-order valence-electron chi connectivity index (χ2n) is 3.01. The van der Waals surface area contributed by atoms with E-state index in [9.17, 15) is 0 Å². The van der Waals surface area contributed by atoms with E-state index in [2.05, 4.69) is 10.2 Å². The monoisotopic (exact) mass is 202 g/mol. The minimum Gasteiger partial charge on any atom is -0.508 e. The van der Waals surface area contributed by atoms with Crippen molar-refractivity contribution in [3.63, 3.8) is 0 Å². The molecule has 0 amide bonds. The third kappa shape index (κ3) is 2.04. The molecule has 0 aliphatic carbocycles. The molecule has 0 bridgehead atoms. The molecular weight excluding hydrogens is 192 g/mol. The van der Waals surface area contributed by atoms with Gasteiger partial charge in [-0.1, -0.05) is 0 Å². The van der Waals surface area contributed by atoms with Crippen molar-refractivity contribution >= 4 is 0 Å². The summed E-state index contributed by atoms with van der Waals surface area (Å²) < 4.78 is 4.91. The second kappa shape index (κ2) is 3.96. The standard InChI is InChI=1S/C11H10N2O2/c1-15-11-7-6-10(12-13-11)8-2-4-9(14)5-3-8/h2-7,14H,1H3. The van der Waals surface area contributed by atoms with E-state index >= 15 is 0 Å². The fourth-order valence-corrected chi connectivity index (χ4v) is 1.22. The van der Waals surface area contributed by atoms with Crippen LogP contribution in [0.3, 0.4) is 0 Å². The van der Waals surface area contributed by atoms with Gasteiger partial charge in [-0.2, -0.15) is 0 Å². The SMILES string of the molecule is COc1ccc(-c2ccc(O)cc2)nn1. The highest BCUT2D eigenvalue weighted by molar-refractivity contribution is 5.59. The fourth-order valence-electron chi connectivity index (χ4n) is 1.22. The normalized spacial score (nSPS) is 9.93. The molecule has 0 radical (unpaired) electrons. The predicted molar refractivity (Wildman–Crippen MR) is 55.7 cm³/mol. The van der Waals surface area contributed by atoms with Gasteiger partial charge in [0, 0.05) is 11.6 Å². The van der Waals surface area contributed by atoms with Gasteiger partial charge < -0.3 is 9.84 Å². The van der Waals surface area contributed by atoms with Crippen LogP contribution in [0.2, 0.25) is 0 Å². The first-order valence-electron chi connectivity index (χ1n) is 4.47. The minimum absolute atomic E-state index is 0.236. The van der Waals surface area contributed by atoms with Gasteiger partial charge >= 0.3 is 0 Å². The van der Waals surface area contributed by atoms with Gasteiger partial charge in [-0.25, -0.2) is 0 Å². The molecule has 0 spiro atoms. The van der Waals surface area contributed by atoms with Crippen LogP contribution < -0.4 is 4.74 Å². The van der Waals surface area contributed by atoms with E-state index in [0.29, 0.717) is 5.88 Å². The second-order valence-corrected chi connectivity index (χ2v) is 3.01. The highest BCUT2D eigenvalue weighted by Crippen LogP contribution is 2.20. The summed E-state index contributed by atoms with van der Waals surface area (Å²) >= 11 is 0. The van der Waals surface area contributed by atoms with E-state index < -0.39 is 0 Å². The van der Waals surface area contributed by atoms with Gasteiger partial charge in [0.2, 0.25) is 5.88 Å². The lowest BCUT2D eigenvalue weighted by Gasteiger charge is -2.01. The Labute approximate surface area is 87.2 Å².